The highest BCUT2D eigenvalue weighted by Gasteiger charge is 2.41. The van der Waals surface area contributed by atoms with Gasteiger partial charge in [-0.3, -0.25) is 14.4 Å². The fourth-order valence-corrected chi connectivity index (χ4v) is 3.52. The maximum absolute atomic E-state index is 12.8. The van der Waals surface area contributed by atoms with E-state index in [0.29, 0.717) is 45.6 Å². The van der Waals surface area contributed by atoms with Gasteiger partial charge < -0.3 is 14.7 Å². The first kappa shape index (κ1) is 19.7. The van der Waals surface area contributed by atoms with E-state index in [1.807, 2.05) is 30.6 Å². The van der Waals surface area contributed by atoms with Gasteiger partial charge in [0.25, 0.3) is 0 Å². The summed E-state index contributed by atoms with van der Waals surface area (Å²) in [5.74, 6) is 0.0333. The van der Waals surface area contributed by atoms with E-state index >= 15 is 0 Å². The quantitative estimate of drug-likeness (QED) is 0.761. The zero-order chi connectivity index (χ0) is 19.0. The minimum Gasteiger partial charge on any atom is -0.339 e. The molecule has 25 heavy (non-hydrogen) atoms. The van der Waals surface area contributed by atoms with E-state index in [-0.39, 0.29) is 34.6 Å². The number of rotatable bonds is 2. The predicted molar refractivity (Wildman–Crippen MR) is 96.8 cm³/mol. The molecule has 1 atom stereocenters. The SMILES string of the molecule is CC(C)(C)CC(=O)N1CCN(C(=O)C2CC(=O)N(C(C)(C)C)C2)CC1. The zero-order valence-corrected chi connectivity index (χ0v) is 16.6. The van der Waals surface area contributed by atoms with Gasteiger partial charge in [0.05, 0.1) is 5.92 Å². The molecule has 0 aromatic heterocycles. The van der Waals surface area contributed by atoms with E-state index in [4.69, 9.17) is 0 Å². The predicted octanol–water partition coefficient (Wildman–Crippen LogP) is 1.74. The maximum Gasteiger partial charge on any atom is 0.228 e. The summed E-state index contributed by atoms with van der Waals surface area (Å²) in [5.41, 5.74) is -0.269. The zero-order valence-electron chi connectivity index (χ0n) is 16.6. The van der Waals surface area contributed by atoms with E-state index < -0.39 is 0 Å². The number of nitrogens with zero attached hydrogens (tertiary/aromatic N) is 3. The second kappa shape index (κ2) is 6.96. The Hall–Kier alpha value is -1.59. The molecule has 6 heteroatoms. The van der Waals surface area contributed by atoms with E-state index in [1.165, 1.54) is 0 Å². The van der Waals surface area contributed by atoms with Crippen molar-refractivity contribution in [1.29, 1.82) is 0 Å². The van der Waals surface area contributed by atoms with Crippen LogP contribution < -0.4 is 0 Å². The first-order valence-corrected chi connectivity index (χ1v) is 9.25. The average molecular weight is 351 g/mol. The Morgan fingerprint density at radius 2 is 1.48 bits per heavy atom. The van der Waals surface area contributed by atoms with E-state index in [1.54, 1.807) is 4.90 Å². The van der Waals surface area contributed by atoms with Gasteiger partial charge in [-0.2, -0.15) is 0 Å². The highest BCUT2D eigenvalue weighted by atomic mass is 16.2. The van der Waals surface area contributed by atoms with Crippen molar-refractivity contribution in [3.05, 3.63) is 0 Å². The minimum absolute atomic E-state index is 0.0232. The monoisotopic (exact) mass is 351 g/mol. The number of piperazine rings is 1. The van der Waals surface area contributed by atoms with E-state index in [0.717, 1.165) is 0 Å². The van der Waals surface area contributed by atoms with Crippen LogP contribution in [0, 0.1) is 11.3 Å². The molecule has 2 aliphatic heterocycles. The Balaban J connectivity index is 1.88. The minimum atomic E-state index is -0.247. The van der Waals surface area contributed by atoms with Crippen molar-refractivity contribution < 1.29 is 14.4 Å². The third kappa shape index (κ3) is 4.95. The molecular weight excluding hydrogens is 318 g/mol. The normalized spacial score (nSPS) is 22.6. The van der Waals surface area contributed by atoms with Gasteiger partial charge in [0.1, 0.15) is 0 Å². The summed E-state index contributed by atoms with van der Waals surface area (Å²) in [6.07, 6.45) is 0.831. The molecule has 2 saturated heterocycles. The molecule has 142 valence electrons. The Labute approximate surface area is 151 Å². The number of carbonyl (C=O) groups excluding carboxylic acids is 3. The van der Waals surface area contributed by atoms with Crippen molar-refractivity contribution in [3.63, 3.8) is 0 Å². The Kier molecular flexibility index (Phi) is 5.50. The first-order valence-electron chi connectivity index (χ1n) is 9.25. The average Bonchev–Trinajstić information content (AvgIpc) is 2.87. The van der Waals surface area contributed by atoms with Crippen LogP contribution >= 0.6 is 0 Å². The van der Waals surface area contributed by atoms with Crippen LogP contribution in [0.2, 0.25) is 0 Å². The van der Waals surface area contributed by atoms with Crippen LogP contribution in [0.15, 0.2) is 0 Å². The topological polar surface area (TPSA) is 60.9 Å². The molecule has 3 amide bonds. The number of likely N-dealkylation sites (tertiary alicyclic amines) is 1. The molecule has 2 aliphatic rings. The van der Waals surface area contributed by atoms with Gasteiger partial charge in [-0.05, 0) is 26.2 Å². The van der Waals surface area contributed by atoms with Gasteiger partial charge in [0.15, 0.2) is 0 Å². The molecule has 2 rings (SSSR count). The van der Waals surface area contributed by atoms with Gasteiger partial charge >= 0.3 is 0 Å². The summed E-state index contributed by atoms with van der Waals surface area (Å²) in [4.78, 5) is 42.8. The summed E-state index contributed by atoms with van der Waals surface area (Å²) in [7, 11) is 0. The molecular formula is C19H33N3O3. The Morgan fingerprint density at radius 3 is 1.92 bits per heavy atom. The molecule has 2 heterocycles. The van der Waals surface area contributed by atoms with Crippen molar-refractivity contribution in [2.24, 2.45) is 11.3 Å². The largest absolute Gasteiger partial charge is 0.339 e. The van der Waals surface area contributed by atoms with Crippen molar-refractivity contribution in [1.82, 2.24) is 14.7 Å². The molecule has 0 radical (unpaired) electrons. The number of carbonyl (C=O) groups is 3. The van der Waals surface area contributed by atoms with Crippen LogP contribution in [0.3, 0.4) is 0 Å². The molecule has 0 spiro atoms. The lowest BCUT2D eigenvalue weighted by atomic mass is 9.91. The van der Waals surface area contributed by atoms with Gasteiger partial charge in [0.2, 0.25) is 17.7 Å². The molecule has 1 unspecified atom stereocenters. The highest BCUT2D eigenvalue weighted by molar-refractivity contribution is 5.89. The molecule has 6 nitrogen and oxygen atoms in total. The number of hydrogen-bond acceptors (Lipinski definition) is 3. The molecule has 0 N–H and O–H groups in total. The fourth-order valence-electron chi connectivity index (χ4n) is 3.52. The Bertz CT molecular complexity index is 537. The fraction of sp³-hybridized carbons (Fsp3) is 0.842. The van der Waals surface area contributed by atoms with Crippen LogP contribution in [-0.2, 0) is 14.4 Å². The molecule has 0 aliphatic carbocycles. The lowest BCUT2D eigenvalue weighted by molar-refractivity contribution is -0.142. The van der Waals surface area contributed by atoms with Crippen molar-refractivity contribution in [2.75, 3.05) is 32.7 Å². The summed E-state index contributed by atoms with van der Waals surface area (Å²) in [6, 6.07) is 0. The summed E-state index contributed by atoms with van der Waals surface area (Å²) in [5, 5.41) is 0. The third-order valence-electron chi connectivity index (χ3n) is 4.91. The smallest absolute Gasteiger partial charge is 0.228 e. The highest BCUT2D eigenvalue weighted by Crippen LogP contribution is 2.27. The lowest BCUT2D eigenvalue weighted by Gasteiger charge is -2.37. The van der Waals surface area contributed by atoms with Crippen molar-refractivity contribution >= 4 is 17.7 Å². The second-order valence-corrected chi connectivity index (χ2v) is 9.52. The summed E-state index contributed by atoms with van der Waals surface area (Å²) >= 11 is 0. The van der Waals surface area contributed by atoms with Crippen LogP contribution in [0.5, 0.6) is 0 Å². The van der Waals surface area contributed by atoms with E-state index in [2.05, 4.69) is 20.8 Å². The second-order valence-electron chi connectivity index (χ2n) is 9.52. The van der Waals surface area contributed by atoms with Crippen LogP contribution in [-0.4, -0.2) is 70.7 Å². The van der Waals surface area contributed by atoms with Gasteiger partial charge in [-0.15, -0.1) is 0 Å². The van der Waals surface area contributed by atoms with Crippen LogP contribution in [0.4, 0.5) is 0 Å². The van der Waals surface area contributed by atoms with Gasteiger partial charge in [-0.1, -0.05) is 20.8 Å². The number of hydrogen-bond donors (Lipinski definition) is 0. The molecule has 2 fully saturated rings. The first-order chi connectivity index (χ1) is 11.4. The standard InChI is InChI=1S/C19H33N3O3/c1-18(2,3)12-16(24)20-7-9-21(10-8-20)17(25)14-11-15(23)22(13-14)19(4,5)6/h14H,7-13H2,1-6H3. The maximum atomic E-state index is 12.8. The van der Waals surface area contributed by atoms with Gasteiger partial charge in [0, 0.05) is 51.1 Å². The molecule has 0 bridgehead atoms. The summed E-state index contributed by atoms with van der Waals surface area (Å²) in [6.45, 7) is 15.0. The van der Waals surface area contributed by atoms with Crippen molar-refractivity contribution in [3.8, 4) is 0 Å². The van der Waals surface area contributed by atoms with Gasteiger partial charge in [-0.25, -0.2) is 0 Å². The third-order valence-corrected chi connectivity index (χ3v) is 4.91. The van der Waals surface area contributed by atoms with Crippen LogP contribution in [0.1, 0.15) is 54.4 Å². The van der Waals surface area contributed by atoms with Crippen LogP contribution in [0.25, 0.3) is 0 Å². The summed E-state index contributed by atoms with van der Waals surface area (Å²) < 4.78 is 0. The van der Waals surface area contributed by atoms with Crippen molar-refractivity contribution in [2.45, 2.75) is 59.9 Å². The molecule has 0 aromatic carbocycles. The molecule has 0 saturated carbocycles. The Morgan fingerprint density at radius 1 is 0.960 bits per heavy atom. The number of amides is 3. The lowest BCUT2D eigenvalue weighted by Crippen LogP contribution is -2.52. The molecule has 0 aromatic rings. The van der Waals surface area contributed by atoms with E-state index in [9.17, 15) is 14.4 Å².